The predicted octanol–water partition coefficient (Wildman–Crippen LogP) is 3.54. The van der Waals surface area contributed by atoms with Gasteiger partial charge in [-0.1, -0.05) is 48.0 Å². The molecule has 142 valence electrons. The van der Waals surface area contributed by atoms with Crippen molar-refractivity contribution >= 4 is 23.5 Å². The van der Waals surface area contributed by atoms with E-state index >= 15 is 0 Å². The molecule has 0 aliphatic carbocycles. The molecule has 1 aliphatic rings. The standard InChI is InChI=1S/C21H22ClNO4/c1-27-18-9-5-8-17(22)16(18)14-19(24)23-12-10-21(11-13-23,20(25)26)15-6-3-2-4-7-15/h2-9H,10-14H2,1H3,(H,25,26). The molecule has 0 saturated carbocycles. The fraction of sp³-hybridized carbons (Fsp3) is 0.333. The molecule has 3 rings (SSSR count). The van der Waals surface area contributed by atoms with Crippen LogP contribution in [0.2, 0.25) is 5.02 Å². The Morgan fingerprint density at radius 1 is 1.11 bits per heavy atom. The number of carboxylic acid groups (broad SMARTS) is 1. The largest absolute Gasteiger partial charge is 0.496 e. The average Bonchev–Trinajstić information content (AvgIpc) is 2.70. The summed E-state index contributed by atoms with van der Waals surface area (Å²) in [6, 6.07) is 14.5. The number of halogens is 1. The Labute approximate surface area is 163 Å². The average molecular weight is 388 g/mol. The van der Waals surface area contributed by atoms with Crippen molar-refractivity contribution in [1.82, 2.24) is 4.90 Å². The van der Waals surface area contributed by atoms with Crippen LogP contribution in [0.25, 0.3) is 0 Å². The van der Waals surface area contributed by atoms with E-state index < -0.39 is 11.4 Å². The molecule has 0 spiro atoms. The zero-order chi connectivity index (χ0) is 19.4. The van der Waals surface area contributed by atoms with Crippen molar-refractivity contribution in [3.05, 3.63) is 64.7 Å². The topological polar surface area (TPSA) is 66.8 Å². The van der Waals surface area contributed by atoms with Crippen molar-refractivity contribution < 1.29 is 19.4 Å². The lowest BCUT2D eigenvalue weighted by Crippen LogP contribution is -2.49. The van der Waals surface area contributed by atoms with Crippen LogP contribution in [0.3, 0.4) is 0 Å². The summed E-state index contributed by atoms with van der Waals surface area (Å²) in [7, 11) is 1.54. The van der Waals surface area contributed by atoms with Crippen molar-refractivity contribution in [2.45, 2.75) is 24.7 Å². The van der Waals surface area contributed by atoms with E-state index in [0.29, 0.717) is 42.3 Å². The minimum atomic E-state index is -0.944. The third-order valence-corrected chi connectivity index (χ3v) is 5.68. The van der Waals surface area contributed by atoms with Crippen LogP contribution in [-0.2, 0) is 21.4 Å². The minimum absolute atomic E-state index is 0.0755. The molecule has 1 heterocycles. The van der Waals surface area contributed by atoms with E-state index in [4.69, 9.17) is 16.3 Å². The van der Waals surface area contributed by atoms with Crippen LogP contribution >= 0.6 is 11.6 Å². The van der Waals surface area contributed by atoms with Gasteiger partial charge in [0.05, 0.1) is 18.9 Å². The van der Waals surface area contributed by atoms with Crippen molar-refractivity contribution in [1.29, 1.82) is 0 Å². The molecule has 1 aliphatic heterocycles. The van der Waals surface area contributed by atoms with E-state index in [1.165, 1.54) is 0 Å². The zero-order valence-corrected chi connectivity index (χ0v) is 15.9. The van der Waals surface area contributed by atoms with Crippen molar-refractivity contribution in [2.75, 3.05) is 20.2 Å². The highest BCUT2D eigenvalue weighted by Crippen LogP contribution is 2.36. The lowest BCUT2D eigenvalue weighted by molar-refractivity contribution is -0.148. The molecule has 0 aromatic heterocycles. The van der Waals surface area contributed by atoms with Gasteiger partial charge in [-0.05, 0) is 30.5 Å². The predicted molar refractivity (Wildman–Crippen MR) is 103 cm³/mol. The molecule has 2 aromatic rings. The highest BCUT2D eigenvalue weighted by molar-refractivity contribution is 6.31. The van der Waals surface area contributed by atoms with E-state index in [-0.39, 0.29) is 12.3 Å². The number of hydrogen-bond donors (Lipinski definition) is 1. The number of nitrogens with zero attached hydrogens (tertiary/aromatic N) is 1. The maximum Gasteiger partial charge on any atom is 0.314 e. The monoisotopic (exact) mass is 387 g/mol. The molecule has 0 unspecified atom stereocenters. The first-order chi connectivity index (χ1) is 13.0. The quantitative estimate of drug-likeness (QED) is 0.852. The third kappa shape index (κ3) is 3.78. The Balaban J connectivity index is 1.74. The van der Waals surface area contributed by atoms with Gasteiger partial charge < -0.3 is 14.7 Å². The number of rotatable bonds is 5. The second kappa shape index (κ2) is 8.01. The van der Waals surface area contributed by atoms with Gasteiger partial charge in [0.25, 0.3) is 0 Å². The van der Waals surface area contributed by atoms with Gasteiger partial charge >= 0.3 is 5.97 Å². The Kier molecular flexibility index (Phi) is 5.71. The number of aliphatic carboxylic acids is 1. The lowest BCUT2D eigenvalue weighted by atomic mass is 9.73. The number of carbonyl (C=O) groups excluding carboxylic acids is 1. The number of methoxy groups -OCH3 is 1. The second-order valence-corrected chi connectivity index (χ2v) is 7.14. The lowest BCUT2D eigenvalue weighted by Gasteiger charge is -2.39. The molecule has 5 nitrogen and oxygen atoms in total. The Morgan fingerprint density at radius 2 is 1.78 bits per heavy atom. The molecule has 1 saturated heterocycles. The smallest absolute Gasteiger partial charge is 0.314 e. The molecule has 1 amide bonds. The van der Waals surface area contributed by atoms with Crippen molar-refractivity contribution in [2.24, 2.45) is 0 Å². The van der Waals surface area contributed by atoms with Crippen molar-refractivity contribution in [3.8, 4) is 5.75 Å². The number of carboxylic acids is 1. The van der Waals surface area contributed by atoms with E-state index in [0.717, 1.165) is 5.56 Å². The van der Waals surface area contributed by atoms with E-state index in [2.05, 4.69) is 0 Å². The number of likely N-dealkylation sites (tertiary alicyclic amines) is 1. The second-order valence-electron chi connectivity index (χ2n) is 6.73. The van der Waals surface area contributed by atoms with Gasteiger partial charge in [-0.2, -0.15) is 0 Å². The normalized spacial score (nSPS) is 16.0. The first kappa shape index (κ1) is 19.2. The Bertz CT molecular complexity index is 829. The van der Waals surface area contributed by atoms with Crippen LogP contribution in [0, 0.1) is 0 Å². The summed E-state index contributed by atoms with van der Waals surface area (Å²) >= 11 is 6.23. The molecule has 0 radical (unpaired) electrons. The van der Waals surface area contributed by atoms with Gasteiger partial charge in [0.2, 0.25) is 5.91 Å². The molecule has 1 fully saturated rings. The van der Waals surface area contributed by atoms with E-state index in [9.17, 15) is 14.7 Å². The van der Waals surface area contributed by atoms with Gasteiger partial charge in [0, 0.05) is 23.7 Å². The molecule has 0 atom stereocenters. The fourth-order valence-corrected chi connectivity index (χ4v) is 3.92. The fourth-order valence-electron chi connectivity index (χ4n) is 3.69. The summed E-state index contributed by atoms with van der Waals surface area (Å²) in [4.78, 5) is 26.5. The van der Waals surface area contributed by atoms with Crippen LogP contribution in [0.4, 0.5) is 0 Å². The summed E-state index contributed by atoms with van der Waals surface area (Å²) in [6.07, 6.45) is 0.906. The zero-order valence-electron chi connectivity index (χ0n) is 15.2. The minimum Gasteiger partial charge on any atom is -0.496 e. The number of piperidine rings is 1. The molecular weight excluding hydrogens is 366 g/mol. The highest BCUT2D eigenvalue weighted by atomic mass is 35.5. The maximum absolute atomic E-state index is 12.8. The van der Waals surface area contributed by atoms with Crippen LogP contribution in [0.1, 0.15) is 24.0 Å². The van der Waals surface area contributed by atoms with Crippen LogP contribution in [0.5, 0.6) is 5.75 Å². The maximum atomic E-state index is 12.8. The summed E-state index contributed by atoms with van der Waals surface area (Å²) in [5.41, 5.74) is 0.502. The van der Waals surface area contributed by atoms with E-state index in [1.54, 1.807) is 30.2 Å². The molecule has 6 heteroatoms. The molecule has 1 N–H and O–H groups in total. The van der Waals surface area contributed by atoms with Crippen LogP contribution in [0.15, 0.2) is 48.5 Å². The highest BCUT2D eigenvalue weighted by Gasteiger charge is 2.43. The van der Waals surface area contributed by atoms with Gasteiger partial charge in [-0.25, -0.2) is 0 Å². The Morgan fingerprint density at radius 3 is 2.37 bits per heavy atom. The Hall–Kier alpha value is -2.53. The third-order valence-electron chi connectivity index (χ3n) is 5.33. The van der Waals surface area contributed by atoms with Gasteiger partial charge in [0.1, 0.15) is 5.75 Å². The summed E-state index contributed by atoms with van der Waals surface area (Å²) in [6.45, 7) is 0.791. The number of hydrogen-bond acceptors (Lipinski definition) is 3. The van der Waals surface area contributed by atoms with E-state index in [1.807, 2.05) is 30.3 Å². The first-order valence-electron chi connectivity index (χ1n) is 8.86. The number of ether oxygens (including phenoxy) is 1. The molecule has 0 bridgehead atoms. The van der Waals surface area contributed by atoms with Gasteiger partial charge in [-0.3, -0.25) is 9.59 Å². The SMILES string of the molecule is COc1cccc(Cl)c1CC(=O)N1CCC(C(=O)O)(c2ccccc2)CC1. The summed E-state index contributed by atoms with van der Waals surface area (Å²) in [5, 5.41) is 10.4. The van der Waals surface area contributed by atoms with Crippen LogP contribution in [-0.4, -0.2) is 42.1 Å². The molecule has 27 heavy (non-hydrogen) atoms. The first-order valence-corrected chi connectivity index (χ1v) is 9.24. The van der Waals surface area contributed by atoms with Gasteiger partial charge in [-0.15, -0.1) is 0 Å². The summed E-state index contributed by atoms with van der Waals surface area (Å²) in [5.74, 6) is -0.334. The number of amides is 1. The molecule has 2 aromatic carbocycles. The molecular formula is C21H22ClNO4. The number of carbonyl (C=O) groups is 2. The van der Waals surface area contributed by atoms with Crippen LogP contribution < -0.4 is 4.74 Å². The summed E-state index contributed by atoms with van der Waals surface area (Å²) < 4.78 is 5.30. The van der Waals surface area contributed by atoms with Gasteiger partial charge in [0.15, 0.2) is 0 Å². The number of benzene rings is 2. The van der Waals surface area contributed by atoms with Crippen molar-refractivity contribution in [3.63, 3.8) is 0 Å².